The molecule has 5 nitrogen and oxygen atoms in total. The summed E-state index contributed by atoms with van der Waals surface area (Å²) in [5.41, 5.74) is 1.14. The van der Waals surface area contributed by atoms with E-state index in [1.165, 1.54) is 16.7 Å². The Morgan fingerprint density at radius 2 is 2.14 bits per heavy atom. The zero-order chi connectivity index (χ0) is 15.2. The van der Waals surface area contributed by atoms with Crippen LogP contribution in [0, 0.1) is 6.92 Å². The monoisotopic (exact) mass is 324 g/mol. The second-order valence-electron chi connectivity index (χ2n) is 4.55. The summed E-state index contributed by atoms with van der Waals surface area (Å²) in [5, 5.41) is 2.71. The number of thioether (sulfide) groups is 1. The second kappa shape index (κ2) is 7.42. The molecular weight excluding hydrogens is 308 g/mol. The molecule has 1 fully saturated rings. The molecule has 0 unspecified atom stereocenters. The topological polar surface area (TPSA) is 58.6 Å². The fourth-order valence-corrected chi connectivity index (χ4v) is 2.86. The lowest BCUT2D eigenvalue weighted by Crippen LogP contribution is -2.38. The predicted octanol–water partition coefficient (Wildman–Crippen LogP) is 1.35. The van der Waals surface area contributed by atoms with Crippen molar-refractivity contribution in [3.05, 3.63) is 29.8 Å². The number of hydrogen-bond acceptors (Lipinski definition) is 5. The van der Waals surface area contributed by atoms with Gasteiger partial charge in [0.25, 0.3) is 5.91 Å². The summed E-state index contributed by atoms with van der Waals surface area (Å²) >= 11 is 6.40. The highest BCUT2D eigenvalue weighted by atomic mass is 32.2. The summed E-state index contributed by atoms with van der Waals surface area (Å²) in [5.74, 6) is 0.822. The number of hydrogen-bond donors (Lipinski definition) is 1. The zero-order valence-electron chi connectivity index (χ0n) is 11.6. The van der Waals surface area contributed by atoms with Gasteiger partial charge in [-0.25, -0.2) is 0 Å². The predicted molar refractivity (Wildman–Crippen MR) is 86.5 cm³/mol. The van der Waals surface area contributed by atoms with Crippen LogP contribution < -0.4 is 10.1 Å². The minimum absolute atomic E-state index is 0.00449. The Labute approximate surface area is 133 Å². The Balaban J connectivity index is 1.67. The van der Waals surface area contributed by atoms with E-state index in [0.717, 1.165) is 5.56 Å². The average Bonchev–Trinajstić information content (AvgIpc) is 2.78. The third-order valence-corrected chi connectivity index (χ3v) is 4.32. The first kappa shape index (κ1) is 15.8. The van der Waals surface area contributed by atoms with Crippen LogP contribution in [-0.4, -0.2) is 46.5 Å². The summed E-state index contributed by atoms with van der Waals surface area (Å²) in [4.78, 5) is 24.6. The highest BCUT2D eigenvalue weighted by Crippen LogP contribution is 2.18. The third kappa shape index (κ3) is 4.71. The lowest BCUT2D eigenvalue weighted by molar-refractivity contribution is -0.125. The van der Waals surface area contributed by atoms with Crippen molar-refractivity contribution in [1.29, 1.82) is 0 Å². The van der Waals surface area contributed by atoms with Gasteiger partial charge in [0, 0.05) is 13.1 Å². The van der Waals surface area contributed by atoms with Crippen LogP contribution in [0.1, 0.15) is 5.56 Å². The van der Waals surface area contributed by atoms with Crippen LogP contribution >= 0.6 is 24.0 Å². The highest BCUT2D eigenvalue weighted by Gasteiger charge is 2.25. The maximum atomic E-state index is 11.6. The second-order valence-corrected chi connectivity index (χ2v) is 6.16. The number of thiocarbonyl (C=S) groups is 1. The summed E-state index contributed by atoms with van der Waals surface area (Å²) in [6, 6.07) is 7.48. The lowest BCUT2D eigenvalue weighted by Gasteiger charge is -2.15. The molecule has 0 radical (unpaired) electrons. The number of aryl methyl sites for hydroxylation is 1. The molecule has 1 saturated heterocycles. The first-order chi connectivity index (χ1) is 10.1. The van der Waals surface area contributed by atoms with Gasteiger partial charge in [-0.2, -0.15) is 0 Å². The number of carbonyl (C=O) groups excluding carboxylic acids is 2. The van der Waals surface area contributed by atoms with Crippen LogP contribution in [0.3, 0.4) is 0 Å². The molecule has 0 aliphatic carbocycles. The minimum Gasteiger partial charge on any atom is -0.484 e. The van der Waals surface area contributed by atoms with Crippen molar-refractivity contribution in [3.63, 3.8) is 0 Å². The van der Waals surface area contributed by atoms with Crippen LogP contribution in [0.5, 0.6) is 5.75 Å². The van der Waals surface area contributed by atoms with Crippen LogP contribution in [0.2, 0.25) is 0 Å². The van der Waals surface area contributed by atoms with E-state index in [9.17, 15) is 9.59 Å². The largest absolute Gasteiger partial charge is 0.484 e. The summed E-state index contributed by atoms with van der Waals surface area (Å²) < 4.78 is 5.94. The quantitative estimate of drug-likeness (QED) is 0.801. The summed E-state index contributed by atoms with van der Waals surface area (Å²) in [6.45, 7) is 2.71. The molecule has 1 heterocycles. The van der Waals surface area contributed by atoms with Crippen molar-refractivity contribution in [2.45, 2.75) is 6.92 Å². The van der Waals surface area contributed by atoms with Gasteiger partial charge in [-0.05, 0) is 19.1 Å². The summed E-state index contributed by atoms with van der Waals surface area (Å²) in [6.07, 6.45) is 0. The zero-order valence-corrected chi connectivity index (χ0v) is 13.3. The van der Waals surface area contributed by atoms with E-state index < -0.39 is 0 Å². The van der Waals surface area contributed by atoms with E-state index in [4.69, 9.17) is 17.0 Å². The van der Waals surface area contributed by atoms with Crippen LogP contribution in [0.25, 0.3) is 0 Å². The fraction of sp³-hybridized carbons (Fsp3) is 0.357. The van der Waals surface area contributed by atoms with Gasteiger partial charge in [0.1, 0.15) is 10.1 Å². The van der Waals surface area contributed by atoms with Gasteiger partial charge in [0.2, 0.25) is 5.91 Å². The maximum Gasteiger partial charge on any atom is 0.258 e. The molecule has 1 aliphatic heterocycles. The number of amides is 2. The molecular formula is C14H16N2O3S2. The number of carbonyl (C=O) groups is 2. The number of ether oxygens (including phenoxy) is 1. The molecule has 21 heavy (non-hydrogen) atoms. The summed E-state index contributed by atoms with van der Waals surface area (Å²) in [7, 11) is 0. The van der Waals surface area contributed by atoms with Gasteiger partial charge in [-0.3, -0.25) is 14.5 Å². The SMILES string of the molecule is Cc1ccc(OCC(=O)NCCN2C(=O)CSC2=S)cc1. The molecule has 0 saturated carbocycles. The van der Waals surface area contributed by atoms with Crippen LogP contribution in [0.15, 0.2) is 24.3 Å². The molecule has 0 atom stereocenters. The Bertz CT molecular complexity index is 530. The Kier molecular flexibility index (Phi) is 5.58. The van der Waals surface area contributed by atoms with Crippen molar-refractivity contribution in [1.82, 2.24) is 10.2 Å². The number of nitrogens with zero attached hydrogens (tertiary/aromatic N) is 1. The van der Waals surface area contributed by atoms with E-state index in [1.807, 2.05) is 31.2 Å². The molecule has 0 spiro atoms. The van der Waals surface area contributed by atoms with Gasteiger partial charge >= 0.3 is 0 Å². The molecule has 7 heteroatoms. The molecule has 0 aromatic heterocycles. The fourth-order valence-electron chi connectivity index (χ4n) is 1.74. The van der Waals surface area contributed by atoms with Gasteiger partial charge in [0.05, 0.1) is 5.75 Å². The molecule has 1 aromatic rings. The van der Waals surface area contributed by atoms with Gasteiger partial charge < -0.3 is 10.1 Å². The molecule has 1 aliphatic rings. The highest BCUT2D eigenvalue weighted by molar-refractivity contribution is 8.23. The van der Waals surface area contributed by atoms with E-state index in [0.29, 0.717) is 28.9 Å². The minimum atomic E-state index is -0.221. The Morgan fingerprint density at radius 1 is 1.43 bits per heavy atom. The van der Waals surface area contributed by atoms with E-state index in [-0.39, 0.29) is 18.4 Å². The molecule has 2 amide bonds. The number of rotatable bonds is 6. The van der Waals surface area contributed by atoms with E-state index >= 15 is 0 Å². The number of benzene rings is 1. The van der Waals surface area contributed by atoms with Crippen molar-refractivity contribution >= 4 is 40.1 Å². The average molecular weight is 324 g/mol. The molecule has 1 N–H and O–H groups in total. The molecule has 1 aromatic carbocycles. The van der Waals surface area contributed by atoms with Crippen molar-refractivity contribution < 1.29 is 14.3 Å². The van der Waals surface area contributed by atoms with Crippen molar-refractivity contribution in [2.24, 2.45) is 0 Å². The van der Waals surface area contributed by atoms with Crippen LogP contribution in [0.4, 0.5) is 0 Å². The third-order valence-electron chi connectivity index (χ3n) is 2.89. The molecule has 112 valence electrons. The van der Waals surface area contributed by atoms with E-state index in [1.54, 1.807) is 0 Å². The molecule has 2 rings (SSSR count). The maximum absolute atomic E-state index is 11.6. The van der Waals surface area contributed by atoms with Gasteiger partial charge in [0.15, 0.2) is 6.61 Å². The van der Waals surface area contributed by atoms with Gasteiger partial charge in [-0.15, -0.1) is 0 Å². The number of nitrogens with one attached hydrogen (secondary N) is 1. The lowest BCUT2D eigenvalue weighted by atomic mass is 10.2. The first-order valence-corrected chi connectivity index (χ1v) is 7.89. The Morgan fingerprint density at radius 3 is 2.76 bits per heavy atom. The standard InChI is InChI=1S/C14H16N2O3S2/c1-10-2-4-11(5-3-10)19-8-12(17)15-6-7-16-13(18)9-21-14(16)20/h2-5H,6-9H2,1H3,(H,15,17). The van der Waals surface area contributed by atoms with Crippen molar-refractivity contribution in [3.8, 4) is 5.75 Å². The first-order valence-electron chi connectivity index (χ1n) is 6.49. The smallest absolute Gasteiger partial charge is 0.258 e. The van der Waals surface area contributed by atoms with Crippen molar-refractivity contribution in [2.75, 3.05) is 25.4 Å². The van der Waals surface area contributed by atoms with E-state index in [2.05, 4.69) is 5.32 Å². The Hall–Kier alpha value is -1.60. The van der Waals surface area contributed by atoms with Gasteiger partial charge in [-0.1, -0.05) is 41.7 Å². The normalized spacial score (nSPS) is 14.4. The molecule has 0 bridgehead atoms. The van der Waals surface area contributed by atoms with Crippen LogP contribution in [-0.2, 0) is 9.59 Å².